The van der Waals surface area contributed by atoms with Gasteiger partial charge in [-0.05, 0) is 71.8 Å². The van der Waals surface area contributed by atoms with Crippen molar-refractivity contribution >= 4 is 50.9 Å². The van der Waals surface area contributed by atoms with Gasteiger partial charge in [0.05, 0.1) is 16.6 Å². The van der Waals surface area contributed by atoms with E-state index in [2.05, 4.69) is 6.07 Å². The van der Waals surface area contributed by atoms with E-state index in [1.807, 2.05) is 0 Å². The topological polar surface area (TPSA) is 48.0 Å². The second kappa shape index (κ2) is 8.84. The van der Waals surface area contributed by atoms with Crippen molar-refractivity contribution in [3.63, 3.8) is 0 Å². The van der Waals surface area contributed by atoms with Gasteiger partial charge in [0.25, 0.3) is 0 Å². The molecule has 0 atom stereocenters. The van der Waals surface area contributed by atoms with E-state index < -0.39 is 23.5 Å². The Bertz CT molecular complexity index is 1650. The van der Waals surface area contributed by atoms with E-state index in [0.29, 0.717) is 49.0 Å². The molecule has 0 unspecified atom stereocenters. The highest BCUT2D eigenvalue weighted by molar-refractivity contribution is 6.39. The highest BCUT2D eigenvalue weighted by atomic mass is 35.5. The van der Waals surface area contributed by atoms with Crippen LogP contribution in [0.2, 0.25) is 10.0 Å². The van der Waals surface area contributed by atoms with Crippen LogP contribution in [0.3, 0.4) is 0 Å². The normalized spacial score (nSPS) is 11.9. The largest absolute Gasteiger partial charge is 0.416 e. The van der Waals surface area contributed by atoms with Gasteiger partial charge >= 0.3 is 6.18 Å². The van der Waals surface area contributed by atoms with Crippen molar-refractivity contribution in [3.05, 3.63) is 105 Å². The average molecular weight is 530 g/mol. The number of hydrogen-bond acceptors (Lipinski definition) is 1. The molecule has 181 valence electrons. The van der Waals surface area contributed by atoms with E-state index in [1.54, 1.807) is 53.1 Å². The van der Waals surface area contributed by atoms with Crippen LogP contribution in [0.1, 0.15) is 21.5 Å². The number of benzene rings is 4. The molecule has 0 saturated heterocycles. The van der Waals surface area contributed by atoms with Crippen LogP contribution in [0, 0.1) is 11.9 Å². The molecule has 3 nitrogen and oxygen atoms in total. The van der Waals surface area contributed by atoms with Crippen molar-refractivity contribution in [1.82, 2.24) is 4.57 Å². The first-order valence-electron chi connectivity index (χ1n) is 10.6. The first kappa shape index (κ1) is 24.2. The van der Waals surface area contributed by atoms with E-state index in [1.165, 1.54) is 0 Å². The molecular formula is C27H15Cl2F4N2O. The van der Waals surface area contributed by atoms with Crippen LogP contribution in [0.4, 0.5) is 17.6 Å². The quantitative estimate of drug-likeness (QED) is 0.236. The maximum Gasteiger partial charge on any atom is 0.416 e. The average Bonchev–Trinajstić information content (AvgIpc) is 3.11. The summed E-state index contributed by atoms with van der Waals surface area (Å²) in [5.41, 5.74) is 7.05. The Hall–Kier alpha value is -3.55. The number of primary amides is 1. The standard InChI is InChI=1S/C27H15Cl2F4N2O/c28-20-4-2-5-21(29)24(20)15-7-8-18-23(11-15)35(22-6-1-3-19(25(18)22)26(34)36)13-14-9-16(27(31,32)33)12-17(30)10-14/h1-7,9-12H,13H2,(H2,34,36). The van der Waals surface area contributed by atoms with E-state index in [-0.39, 0.29) is 17.7 Å². The molecule has 1 aromatic heterocycles. The lowest BCUT2D eigenvalue weighted by atomic mass is 10.0. The summed E-state index contributed by atoms with van der Waals surface area (Å²) in [6, 6.07) is 18.9. The molecule has 1 radical (unpaired) electrons. The second-order valence-corrected chi connectivity index (χ2v) is 9.06. The summed E-state index contributed by atoms with van der Waals surface area (Å²) in [7, 11) is 0. The van der Waals surface area contributed by atoms with Gasteiger partial charge in [-0.2, -0.15) is 13.2 Å². The zero-order valence-electron chi connectivity index (χ0n) is 18.3. The fourth-order valence-electron chi connectivity index (χ4n) is 4.44. The van der Waals surface area contributed by atoms with Crippen molar-refractivity contribution in [2.75, 3.05) is 0 Å². The lowest BCUT2D eigenvalue weighted by Crippen LogP contribution is -2.11. The summed E-state index contributed by atoms with van der Waals surface area (Å²) >= 11 is 12.8. The highest BCUT2D eigenvalue weighted by Gasteiger charge is 2.31. The first-order valence-corrected chi connectivity index (χ1v) is 11.4. The molecule has 5 aromatic rings. The third kappa shape index (κ3) is 4.18. The van der Waals surface area contributed by atoms with E-state index in [0.717, 1.165) is 12.1 Å². The Kier molecular flexibility index (Phi) is 5.93. The van der Waals surface area contributed by atoms with Crippen LogP contribution in [-0.4, -0.2) is 10.5 Å². The van der Waals surface area contributed by atoms with Gasteiger partial charge in [-0.1, -0.05) is 35.3 Å². The van der Waals surface area contributed by atoms with Crippen molar-refractivity contribution in [2.45, 2.75) is 12.7 Å². The van der Waals surface area contributed by atoms with Crippen molar-refractivity contribution < 1.29 is 22.4 Å². The Morgan fingerprint density at radius 1 is 0.972 bits per heavy atom. The Labute approximate surface area is 212 Å². The number of amides is 1. The molecule has 0 fully saturated rings. The summed E-state index contributed by atoms with van der Waals surface area (Å²) in [6.07, 6.45) is -4.71. The molecular weight excluding hydrogens is 515 g/mol. The highest BCUT2D eigenvalue weighted by Crippen LogP contribution is 2.39. The van der Waals surface area contributed by atoms with Crippen molar-refractivity contribution in [2.24, 2.45) is 5.73 Å². The first-order chi connectivity index (χ1) is 17.0. The molecule has 0 spiro atoms. The van der Waals surface area contributed by atoms with Gasteiger partial charge in [0.15, 0.2) is 0 Å². The number of aromatic nitrogens is 1. The van der Waals surface area contributed by atoms with Gasteiger partial charge < -0.3 is 10.3 Å². The molecule has 0 aliphatic heterocycles. The van der Waals surface area contributed by atoms with Crippen LogP contribution in [0.25, 0.3) is 32.9 Å². The molecule has 5 rings (SSSR count). The zero-order valence-corrected chi connectivity index (χ0v) is 19.8. The number of nitrogens with zero attached hydrogens (tertiary/aromatic N) is 1. The minimum Gasteiger partial charge on any atom is -0.366 e. The SMILES string of the molecule is NC(=O)c1cccc2c1c1[c]cc(-c3c(Cl)cccc3Cl)cc1n2Cc1cc(F)cc(C(F)(F)F)c1. The van der Waals surface area contributed by atoms with Gasteiger partial charge in [-0.3, -0.25) is 4.79 Å². The minimum atomic E-state index is -4.71. The lowest BCUT2D eigenvalue weighted by Gasteiger charge is -2.13. The number of rotatable bonds is 4. The third-order valence-electron chi connectivity index (χ3n) is 5.94. The number of carbonyl (C=O) groups excluding carboxylic acids is 1. The molecule has 0 bridgehead atoms. The molecule has 36 heavy (non-hydrogen) atoms. The summed E-state index contributed by atoms with van der Waals surface area (Å²) in [5.74, 6) is -1.68. The molecule has 0 saturated carbocycles. The predicted octanol–water partition coefficient (Wildman–Crippen LogP) is 7.87. The Balaban J connectivity index is 1.80. The predicted molar refractivity (Wildman–Crippen MR) is 133 cm³/mol. The van der Waals surface area contributed by atoms with Crippen LogP contribution in [0.5, 0.6) is 0 Å². The van der Waals surface area contributed by atoms with E-state index in [9.17, 15) is 22.4 Å². The van der Waals surface area contributed by atoms with E-state index >= 15 is 0 Å². The fraction of sp³-hybridized carbons (Fsp3) is 0.0741. The number of nitrogens with two attached hydrogens (primary N) is 1. The monoisotopic (exact) mass is 529 g/mol. The van der Waals surface area contributed by atoms with Crippen molar-refractivity contribution in [1.29, 1.82) is 0 Å². The molecule has 1 heterocycles. The molecule has 0 aliphatic carbocycles. The van der Waals surface area contributed by atoms with E-state index in [4.69, 9.17) is 28.9 Å². The third-order valence-corrected chi connectivity index (χ3v) is 6.57. The zero-order chi connectivity index (χ0) is 25.8. The number of fused-ring (bicyclic) bond motifs is 3. The van der Waals surface area contributed by atoms with Crippen LogP contribution in [-0.2, 0) is 12.7 Å². The molecule has 0 aliphatic rings. The van der Waals surface area contributed by atoms with Crippen LogP contribution in [0.15, 0.2) is 66.7 Å². The van der Waals surface area contributed by atoms with Crippen LogP contribution >= 0.6 is 23.2 Å². The number of carbonyl (C=O) groups is 1. The smallest absolute Gasteiger partial charge is 0.366 e. The van der Waals surface area contributed by atoms with Gasteiger partial charge in [0.2, 0.25) is 5.91 Å². The summed E-state index contributed by atoms with van der Waals surface area (Å²) in [6.45, 7) is -0.114. The van der Waals surface area contributed by atoms with Gasteiger partial charge in [-0.15, -0.1) is 0 Å². The minimum absolute atomic E-state index is 0.0896. The summed E-state index contributed by atoms with van der Waals surface area (Å²) in [5, 5.41) is 1.81. The van der Waals surface area contributed by atoms with Crippen LogP contribution < -0.4 is 5.73 Å². The molecule has 4 aromatic carbocycles. The molecule has 1 amide bonds. The molecule has 9 heteroatoms. The number of hydrogen-bond donors (Lipinski definition) is 1. The maximum atomic E-state index is 14.2. The maximum absolute atomic E-state index is 14.2. The second-order valence-electron chi connectivity index (χ2n) is 8.24. The van der Waals surface area contributed by atoms with Gasteiger partial charge in [0.1, 0.15) is 5.82 Å². The summed E-state index contributed by atoms with van der Waals surface area (Å²) < 4.78 is 55.9. The van der Waals surface area contributed by atoms with Gasteiger partial charge in [0, 0.05) is 38.5 Å². The Morgan fingerprint density at radius 2 is 1.67 bits per heavy atom. The fourth-order valence-corrected chi connectivity index (χ4v) is 5.05. The Morgan fingerprint density at radius 3 is 2.33 bits per heavy atom. The lowest BCUT2D eigenvalue weighted by molar-refractivity contribution is -0.137. The van der Waals surface area contributed by atoms with Crippen molar-refractivity contribution in [3.8, 4) is 11.1 Å². The number of halogens is 6. The van der Waals surface area contributed by atoms with Gasteiger partial charge in [-0.25, -0.2) is 4.39 Å². The summed E-state index contributed by atoms with van der Waals surface area (Å²) in [4.78, 5) is 12.2. The number of alkyl halides is 3. The molecule has 2 N–H and O–H groups in total.